The highest BCUT2D eigenvalue weighted by Gasteiger charge is 2.17. The average Bonchev–Trinajstić information content (AvgIpc) is 3.03. The van der Waals surface area contributed by atoms with Gasteiger partial charge in [-0.1, -0.05) is 6.07 Å². The van der Waals surface area contributed by atoms with Crippen LogP contribution in [0.1, 0.15) is 20.9 Å². The lowest BCUT2D eigenvalue weighted by Crippen LogP contribution is -2.34. The van der Waals surface area contributed by atoms with Crippen molar-refractivity contribution in [3.63, 3.8) is 0 Å². The number of hydrogen-bond donors (Lipinski definition) is 2. The molecular formula is C16H17BrN2O5. The van der Waals surface area contributed by atoms with E-state index in [1.807, 2.05) is 0 Å². The maximum atomic E-state index is 12.3. The molecule has 7 nitrogen and oxygen atoms in total. The van der Waals surface area contributed by atoms with E-state index < -0.39 is 0 Å². The quantitative estimate of drug-likeness (QED) is 0.700. The zero-order valence-electron chi connectivity index (χ0n) is 13.2. The largest absolute Gasteiger partial charge is 0.496 e. The zero-order chi connectivity index (χ0) is 17.5. The summed E-state index contributed by atoms with van der Waals surface area (Å²) in [6.45, 7) is 0.494. The van der Waals surface area contributed by atoms with E-state index in [2.05, 4.69) is 26.6 Å². The van der Waals surface area contributed by atoms with Gasteiger partial charge in [0.1, 0.15) is 17.1 Å². The van der Waals surface area contributed by atoms with Crippen molar-refractivity contribution in [2.24, 2.45) is 0 Å². The van der Waals surface area contributed by atoms with Gasteiger partial charge in [-0.3, -0.25) is 9.59 Å². The van der Waals surface area contributed by atoms with Gasteiger partial charge < -0.3 is 24.5 Å². The number of hydrogen-bond acceptors (Lipinski definition) is 5. The Kier molecular flexibility index (Phi) is 6.25. The average molecular weight is 397 g/mol. The fraction of sp³-hybridized carbons (Fsp3) is 0.250. The highest BCUT2D eigenvalue weighted by molar-refractivity contribution is 9.10. The van der Waals surface area contributed by atoms with Gasteiger partial charge in [0.2, 0.25) is 0 Å². The molecule has 2 rings (SSSR count). The van der Waals surface area contributed by atoms with Gasteiger partial charge in [-0.25, -0.2) is 0 Å². The third-order valence-corrected chi connectivity index (χ3v) is 3.57. The van der Waals surface area contributed by atoms with Gasteiger partial charge in [-0.05, 0) is 40.2 Å². The molecule has 2 aromatic rings. The number of furan rings is 1. The molecule has 0 saturated heterocycles. The van der Waals surface area contributed by atoms with Gasteiger partial charge in [-0.15, -0.1) is 0 Å². The molecular weight excluding hydrogens is 380 g/mol. The molecule has 0 bridgehead atoms. The van der Waals surface area contributed by atoms with E-state index in [1.165, 1.54) is 14.2 Å². The molecule has 0 unspecified atom stereocenters. The Morgan fingerprint density at radius 2 is 1.58 bits per heavy atom. The zero-order valence-corrected chi connectivity index (χ0v) is 14.8. The van der Waals surface area contributed by atoms with Crippen LogP contribution in [-0.2, 0) is 0 Å². The Hall–Kier alpha value is -2.48. The fourth-order valence-corrected chi connectivity index (χ4v) is 2.35. The number of ether oxygens (including phenoxy) is 2. The van der Waals surface area contributed by atoms with Crippen molar-refractivity contribution in [2.45, 2.75) is 0 Å². The number of amides is 2. The first-order chi connectivity index (χ1) is 11.6. The molecule has 0 saturated carbocycles. The molecule has 8 heteroatoms. The molecule has 2 amide bonds. The van der Waals surface area contributed by atoms with Crippen LogP contribution in [-0.4, -0.2) is 39.1 Å². The van der Waals surface area contributed by atoms with Crippen LogP contribution < -0.4 is 20.1 Å². The van der Waals surface area contributed by atoms with Crippen LogP contribution in [0.25, 0.3) is 0 Å². The van der Waals surface area contributed by atoms with E-state index in [0.717, 1.165) is 0 Å². The molecule has 0 radical (unpaired) electrons. The summed E-state index contributed by atoms with van der Waals surface area (Å²) in [5.74, 6) is 0.316. The predicted octanol–water partition coefficient (Wildman–Crippen LogP) is 2.22. The van der Waals surface area contributed by atoms with Gasteiger partial charge in [0, 0.05) is 13.1 Å². The van der Waals surface area contributed by atoms with Crippen LogP contribution in [0, 0.1) is 0 Å². The Labute approximate surface area is 147 Å². The van der Waals surface area contributed by atoms with Gasteiger partial charge in [0.05, 0.1) is 14.2 Å². The number of benzene rings is 1. The summed E-state index contributed by atoms with van der Waals surface area (Å²) in [5.41, 5.74) is 0.309. The van der Waals surface area contributed by atoms with Crippen molar-refractivity contribution in [3.8, 4) is 11.5 Å². The topological polar surface area (TPSA) is 89.8 Å². The second kappa shape index (κ2) is 8.39. The maximum absolute atomic E-state index is 12.3. The second-order valence-electron chi connectivity index (χ2n) is 4.65. The summed E-state index contributed by atoms with van der Waals surface area (Å²) in [6.07, 6.45) is 0. The first-order valence-electron chi connectivity index (χ1n) is 7.09. The Morgan fingerprint density at radius 1 is 1.00 bits per heavy atom. The van der Waals surface area contributed by atoms with Crippen LogP contribution in [0.3, 0.4) is 0 Å². The predicted molar refractivity (Wildman–Crippen MR) is 90.6 cm³/mol. The van der Waals surface area contributed by atoms with Crippen LogP contribution in [0.15, 0.2) is 39.4 Å². The third kappa shape index (κ3) is 4.29. The summed E-state index contributed by atoms with van der Waals surface area (Å²) < 4.78 is 16.0. The van der Waals surface area contributed by atoms with E-state index in [9.17, 15) is 9.59 Å². The van der Waals surface area contributed by atoms with E-state index in [-0.39, 0.29) is 30.7 Å². The van der Waals surface area contributed by atoms with Crippen LogP contribution >= 0.6 is 15.9 Å². The normalized spacial score (nSPS) is 10.1. The van der Waals surface area contributed by atoms with E-state index in [1.54, 1.807) is 30.3 Å². The van der Waals surface area contributed by atoms with Gasteiger partial charge in [-0.2, -0.15) is 0 Å². The molecule has 0 spiro atoms. The maximum Gasteiger partial charge on any atom is 0.287 e. The van der Waals surface area contributed by atoms with Crippen LogP contribution in [0.4, 0.5) is 0 Å². The van der Waals surface area contributed by atoms with Gasteiger partial charge in [0.15, 0.2) is 10.4 Å². The molecule has 24 heavy (non-hydrogen) atoms. The number of rotatable bonds is 7. The molecule has 0 fully saturated rings. The third-order valence-electron chi connectivity index (χ3n) is 3.15. The molecule has 1 heterocycles. The summed E-state index contributed by atoms with van der Waals surface area (Å²) in [4.78, 5) is 24.1. The van der Waals surface area contributed by atoms with Crippen LogP contribution in [0.5, 0.6) is 11.5 Å². The smallest absolute Gasteiger partial charge is 0.287 e. The van der Waals surface area contributed by atoms with E-state index in [0.29, 0.717) is 21.7 Å². The molecule has 1 aromatic carbocycles. The van der Waals surface area contributed by atoms with E-state index >= 15 is 0 Å². The highest BCUT2D eigenvalue weighted by Crippen LogP contribution is 2.27. The van der Waals surface area contributed by atoms with Gasteiger partial charge >= 0.3 is 0 Å². The SMILES string of the molecule is COc1cccc(OC)c1C(=O)NCCNC(=O)c1ccc(Br)o1. The lowest BCUT2D eigenvalue weighted by atomic mass is 10.1. The minimum atomic E-state index is -0.357. The minimum Gasteiger partial charge on any atom is -0.496 e. The van der Waals surface area contributed by atoms with Crippen molar-refractivity contribution in [3.05, 3.63) is 46.3 Å². The summed E-state index contributed by atoms with van der Waals surface area (Å²) in [5, 5.41) is 5.35. The fourth-order valence-electron chi connectivity index (χ4n) is 2.04. The lowest BCUT2D eigenvalue weighted by molar-refractivity contribution is 0.0907. The Balaban J connectivity index is 1.89. The molecule has 0 atom stereocenters. The van der Waals surface area contributed by atoms with Crippen molar-refractivity contribution in [2.75, 3.05) is 27.3 Å². The van der Waals surface area contributed by atoms with Crippen molar-refractivity contribution >= 4 is 27.7 Å². The number of carbonyl (C=O) groups excluding carboxylic acids is 2. The molecule has 2 N–H and O–H groups in total. The molecule has 1 aromatic heterocycles. The standard InChI is InChI=1S/C16H17BrN2O5/c1-22-10-4-3-5-11(23-2)14(10)16(21)19-9-8-18-15(20)12-6-7-13(17)24-12/h3-7H,8-9H2,1-2H3,(H,18,20)(H,19,21). The first kappa shape index (κ1) is 17.9. The van der Waals surface area contributed by atoms with Crippen molar-refractivity contribution in [1.29, 1.82) is 0 Å². The monoisotopic (exact) mass is 396 g/mol. The van der Waals surface area contributed by atoms with E-state index in [4.69, 9.17) is 13.9 Å². The molecule has 0 aliphatic heterocycles. The number of halogens is 1. The van der Waals surface area contributed by atoms with Crippen molar-refractivity contribution < 1.29 is 23.5 Å². The van der Waals surface area contributed by atoms with Crippen LogP contribution in [0.2, 0.25) is 0 Å². The number of nitrogens with one attached hydrogen (secondary N) is 2. The minimum absolute atomic E-state index is 0.194. The highest BCUT2D eigenvalue weighted by atomic mass is 79.9. The number of carbonyl (C=O) groups is 2. The lowest BCUT2D eigenvalue weighted by Gasteiger charge is -2.13. The summed E-state index contributed by atoms with van der Waals surface area (Å²) in [7, 11) is 2.96. The Morgan fingerprint density at radius 3 is 2.08 bits per heavy atom. The summed E-state index contributed by atoms with van der Waals surface area (Å²) >= 11 is 3.13. The van der Waals surface area contributed by atoms with Gasteiger partial charge in [0.25, 0.3) is 11.8 Å². The number of methoxy groups -OCH3 is 2. The summed E-state index contributed by atoms with van der Waals surface area (Å²) in [6, 6.07) is 8.26. The first-order valence-corrected chi connectivity index (χ1v) is 7.89. The Bertz CT molecular complexity index is 707. The van der Waals surface area contributed by atoms with Crippen molar-refractivity contribution in [1.82, 2.24) is 10.6 Å². The second-order valence-corrected chi connectivity index (χ2v) is 5.43. The molecule has 0 aliphatic rings. The molecule has 128 valence electrons. The molecule has 0 aliphatic carbocycles.